The summed E-state index contributed by atoms with van der Waals surface area (Å²) in [7, 11) is 1.50. The van der Waals surface area contributed by atoms with Gasteiger partial charge in [-0.2, -0.15) is 14.2 Å². The minimum atomic E-state index is -0.264. The van der Waals surface area contributed by atoms with Gasteiger partial charge < -0.3 is 30.6 Å². The maximum Gasteiger partial charge on any atom is 3.00 e. The van der Waals surface area contributed by atoms with E-state index in [0.29, 0.717) is 44.5 Å². The van der Waals surface area contributed by atoms with Crippen molar-refractivity contribution in [2.45, 2.75) is 0 Å². The molecule has 0 bridgehead atoms. The monoisotopic (exact) mass is 1060 g/mol. The van der Waals surface area contributed by atoms with Gasteiger partial charge in [0.05, 0.1) is 0 Å². The first-order chi connectivity index (χ1) is 35.1. The fourth-order valence-corrected chi connectivity index (χ4v) is 5.96. The molecule has 2 radical (unpaired) electrons. The Morgan fingerprint density at radius 3 is 0.459 bits per heavy atom. The van der Waals surface area contributed by atoms with E-state index in [1.165, 1.54) is 0 Å². The number of allylic oxidation sites excluding steroid dienone is 4. The van der Waals surface area contributed by atoms with Crippen LogP contribution in [0.5, 0.6) is 0 Å². The molecule has 8 aromatic rings. The molecule has 0 N–H and O–H groups in total. The second-order valence-electron chi connectivity index (χ2n) is 14.4. The van der Waals surface area contributed by atoms with E-state index in [1.54, 1.807) is 194 Å². The molecule has 0 aliphatic carbocycles. The summed E-state index contributed by atoms with van der Waals surface area (Å²) in [5, 5.41) is 63.5. The van der Waals surface area contributed by atoms with Crippen molar-refractivity contribution >= 4 is 46.2 Å². The summed E-state index contributed by atoms with van der Waals surface area (Å²) in [4.78, 5) is 47.0. The number of carbonyl (C=O) groups excluding carboxylic acids is 4. The summed E-state index contributed by atoms with van der Waals surface area (Å²) in [6.07, 6.45) is 4.52. The van der Waals surface area contributed by atoms with Crippen LogP contribution in [0.4, 0.5) is 0 Å². The molecule has 8 rings (SSSR count). The van der Waals surface area contributed by atoms with E-state index >= 15 is 0 Å². The van der Waals surface area contributed by atoms with Crippen molar-refractivity contribution in [1.82, 2.24) is 0 Å². The Balaban J connectivity index is 0.000000478. The van der Waals surface area contributed by atoms with Gasteiger partial charge in [-0.05, 0) is 46.6 Å². The summed E-state index contributed by atoms with van der Waals surface area (Å²) in [6, 6.07) is 70.0. The van der Waals surface area contributed by atoms with Crippen LogP contribution in [0.3, 0.4) is 0 Å². The third-order valence-electron chi connectivity index (χ3n) is 9.52. The number of carbonyl (C=O) groups is 4. The second kappa shape index (κ2) is 37.4. The van der Waals surface area contributed by atoms with Gasteiger partial charge in [-0.3, -0.25) is 19.2 Å². The van der Waals surface area contributed by atoms with Crippen LogP contribution >= 0.6 is 0 Å². The van der Waals surface area contributed by atoms with E-state index in [9.17, 15) is 39.6 Å². The van der Waals surface area contributed by atoms with Crippen molar-refractivity contribution in [2.24, 2.45) is 0 Å². The Morgan fingerprint density at radius 2 is 0.338 bits per heavy atom. The first kappa shape index (κ1) is 63.6. The molecule has 0 atom stereocenters. The van der Waals surface area contributed by atoms with Crippen LogP contribution in [0.25, 0.3) is 23.0 Å². The molecule has 0 fully saturated rings. The van der Waals surface area contributed by atoms with Crippen LogP contribution < -0.4 is 30.6 Å². The van der Waals surface area contributed by atoms with Crippen molar-refractivity contribution in [2.75, 3.05) is 14.2 Å². The zero-order valence-electron chi connectivity index (χ0n) is 40.3. The van der Waals surface area contributed by atoms with Crippen LogP contribution in [0.2, 0.25) is 0 Å². The first-order valence-electron chi connectivity index (χ1n) is 22.0. The van der Waals surface area contributed by atoms with Crippen LogP contribution in [-0.4, -0.2) is 37.4 Å². The van der Waals surface area contributed by atoms with Crippen molar-refractivity contribution in [3.05, 3.63) is 311 Å². The summed E-state index contributed by atoms with van der Waals surface area (Å²) >= 11 is 0. The maximum atomic E-state index is 11.8. The second-order valence-corrected chi connectivity index (χ2v) is 14.4. The smallest absolute Gasteiger partial charge is 0.872 e. The number of benzene rings is 8. The van der Waals surface area contributed by atoms with Gasteiger partial charge in [0.15, 0.2) is 23.1 Å². The summed E-state index contributed by atoms with van der Waals surface area (Å²) < 4.78 is 0. The molecule has 0 aliphatic rings. The number of ketones is 4. The van der Waals surface area contributed by atoms with Gasteiger partial charge in [0.2, 0.25) is 0 Å². The quantitative estimate of drug-likeness (QED) is 0.0694. The molecular formula is C62H50Cr2O10. The molecule has 0 saturated heterocycles. The van der Waals surface area contributed by atoms with E-state index in [2.05, 4.69) is 0 Å². The van der Waals surface area contributed by atoms with E-state index in [1.807, 2.05) is 48.5 Å². The van der Waals surface area contributed by atoms with Crippen LogP contribution in [0.15, 0.2) is 267 Å². The van der Waals surface area contributed by atoms with E-state index < -0.39 is 0 Å². The average Bonchev–Trinajstić information content (AvgIpc) is 3.46. The average molecular weight is 1060 g/mol. The van der Waals surface area contributed by atoms with Gasteiger partial charge in [0.25, 0.3) is 0 Å². The Morgan fingerprint density at radius 1 is 0.230 bits per heavy atom. The molecule has 370 valence electrons. The molecule has 0 unspecified atom stereocenters. The van der Waals surface area contributed by atoms with Crippen molar-refractivity contribution in [1.29, 1.82) is 0 Å². The molecule has 10 nitrogen and oxygen atoms in total. The van der Waals surface area contributed by atoms with Crippen molar-refractivity contribution < 1.29 is 84.5 Å². The predicted octanol–water partition coefficient (Wildman–Crippen LogP) is 7.03. The third-order valence-corrected chi connectivity index (χ3v) is 9.52. The van der Waals surface area contributed by atoms with E-state index in [4.69, 9.17) is 10.2 Å². The van der Waals surface area contributed by atoms with Crippen LogP contribution in [0, 0.1) is 0 Å². The zero-order valence-corrected chi connectivity index (χ0v) is 42.9. The van der Waals surface area contributed by atoms with E-state index in [-0.39, 0.29) is 80.9 Å². The van der Waals surface area contributed by atoms with Gasteiger partial charge in [-0.25, -0.2) is 0 Å². The SMILES string of the molecule is C[O-].C[O-].O=C(/C=C(\[O-])c1ccccc1)c1ccccc1.O=C(/C=C(\[O-])c1ccccc1)c1ccccc1.O=C(/C=C(\[O-])c1ccccc1)c1ccccc1.O=C(/C=C(\[O-])c1ccccc1)c1ccccc1.[Cr+3].[Cr+3]. The van der Waals surface area contributed by atoms with Crippen molar-refractivity contribution in [3.8, 4) is 0 Å². The van der Waals surface area contributed by atoms with Gasteiger partial charge in [0, 0.05) is 22.3 Å². The van der Waals surface area contributed by atoms with Gasteiger partial charge in [-0.1, -0.05) is 266 Å². The normalized spacial score (nSPS) is 10.4. The fraction of sp³-hybridized carbons (Fsp3) is 0.0323. The first-order valence-corrected chi connectivity index (χ1v) is 22.0. The van der Waals surface area contributed by atoms with Crippen molar-refractivity contribution in [3.63, 3.8) is 0 Å². The topological polar surface area (TPSA) is 207 Å². The summed E-state index contributed by atoms with van der Waals surface area (Å²) in [6.45, 7) is 0. The van der Waals surface area contributed by atoms with Crippen LogP contribution in [0.1, 0.15) is 63.7 Å². The Bertz CT molecular complexity index is 2540. The molecular weight excluding hydrogens is 1010 g/mol. The minimum Gasteiger partial charge on any atom is -0.872 e. The number of rotatable bonds is 12. The predicted molar refractivity (Wildman–Crippen MR) is 273 cm³/mol. The summed E-state index contributed by atoms with van der Waals surface area (Å²) in [5.74, 6) is -2.12. The molecule has 0 amide bonds. The maximum absolute atomic E-state index is 11.8. The Hall–Kier alpha value is -8.42. The van der Waals surface area contributed by atoms with Gasteiger partial charge in [-0.15, -0.1) is 0 Å². The van der Waals surface area contributed by atoms with Gasteiger partial charge >= 0.3 is 34.7 Å². The molecule has 8 aromatic carbocycles. The molecule has 74 heavy (non-hydrogen) atoms. The molecule has 0 spiro atoms. The summed E-state index contributed by atoms with van der Waals surface area (Å²) in [5.41, 5.74) is 4.20. The molecule has 12 heteroatoms. The van der Waals surface area contributed by atoms with E-state index in [0.717, 1.165) is 38.5 Å². The standard InChI is InChI=1S/4C15H12O2.2CH3O.2Cr/c4*16-14(12-7-3-1-4-8-12)11-15(17)13-9-5-2-6-10-13;2*1-2;;/h4*1-11,16H;2*1H3;;/q;;;;2*-1;2*+3/p-4/b4*14-11-;;;;. The number of hydrogen-bond acceptors (Lipinski definition) is 10. The van der Waals surface area contributed by atoms with Gasteiger partial charge in [0.1, 0.15) is 0 Å². The molecule has 0 aromatic heterocycles. The number of hydrogen-bond donors (Lipinski definition) is 0. The molecule has 0 saturated carbocycles. The minimum absolute atomic E-state index is 0. The fourth-order valence-electron chi connectivity index (χ4n) is 5.96. The molecule has 0 aliphatic heterocycles. The largest absolute Gasteiger partial charge is 3.00 e. The Labute approximate surface area is 453 Å². The third kappa shape index (κ3) is 23.2. The zero-order chi connectivity index (χ0) is 52.4. The Kier molecular flexibility index (Phi) is 32.1. The molecule has 0 heterocycles. The van der Waals surface area contributed by atoms with Crippen LogP contribution in [-0.2, 0) is 34.7 Å².